The maximum atomic E-state index is 4.95. The average molecular weight is 398 g/mol. The average Bonchev–Trinajstić information content (AvgIpc) is 3.02. The number of hydrogen-bond acceptors (Lipinski definition) is 5. The van der Waals surface area contributed by atoms with Crippen LogP contribution in [0.1, 0.15) is 26.0 Å². The van der Waals surface area contributed by atoms with E-state index in [-0.39, 0.29) is 0 Å². The summed E-state index contributed by atoms with van der Waals surface area (Å²) in [5.74, 6) is 0. The Bertz CT molecular complexity index is 967. The summed E-state index contributed by atoms with van der Waals surface area (Å²) >= 11 is 1.93. The number of anilines is 3. The third-order valence-corrected chi connectivity index (χ3v) is 6.46. The number of pyridine rings is 1. The standard InChI is InChI=1S/C22H31N5S/c1-8-14(3)28-19-9-13(2)26-21-16(12-27(7)22(19)21)20-17(24-5)10-15(23-4)11-18(20)25-6/h9-12,14,23-25H,8H2,1-7H3. The smallest absolute Gasteiger partial charge is 0.0975 e. The quantitative estimate of drug-likeness (QED) is 0.455. The molecule has 150 valence electrons. The van der Waals surface area contributed by atoms with Crippen LogP contribution in [-0.4, -0.2) is 35.9 Å². The first-order valence-electron chi connectivity index (χ1n) is 9.78. The first-order valence-corrected chi connectivity index (χ1v) is 10.7. The van der Waals surface area contributed by atoms with Crippen molar-refractivity contribution in [3.05, 3.63) is 30.1 Å². The molecule has 0 aliphatic heterocycles. The fourth-order valence-corrected chi connectivity index (χ4v) is 4.72. The van der Waals surface area contributed by atoms with Crippen LogP contribution in [0, 0.1) is 6.92 Å². The van der Waals surface area contributed by atoms with Crippen molar-refractivity contribution in [3.8, 4) is 11.1 Å². The Hall–Kier alpha value is -2.34. The molecule has 28 heavy (non-hydrogen) atoms. The van der Waals surface area contributed by atoms with Crippen molar-refractivity contribution in [2.45, 2.75) is 37.3 Å². The van der Waals surface area contributed by atoms with Crippen molar-refractivity contribution in [3.63, 3.8) is 0 Å². The van der Waals surface area contributed by atoms with Gasteiger partial charge in [-0.25, -0.2) is 0 Å². The minimum absolute atomic E-state index is 0.569. The second-order valence-electron chi connectivity index (χ2n) is 7.15. The summed E-state index contributed by atoms with van der Waals surface area (Å²) in [7, 11) is 7.98. The van der Waals surface area contributed by atoms with Gasteiger partial charge in [-0.1, -0.05) is 13.8 Å². The molecule has 0 saturated carbocycles. The van der Waals surface area contributed by atoms with Crippen molar-refractivity contribution in [2.24, 2.45) is 7.05 Å². The SMILES string of the molecule is CCC(C)Sc1cc(C)nc2c(-c3c(NC)cc(NC)cc3NC)cn(C)c12. The Morgan fingerprint density at radius 2 is 1.71 bits per heavy atom. The summed E-state index contributed by atoms with van der Waals surface area (Å²) in [6.07, 6.45) is 3.35. The van der Waals surface area contributed by atoms with Crippen LogP contribution in [-0.2, 0) is 7.05 Å². The Kier molecular flexibility index (Phi) is 6.08. The molecule has 3 rings (SSSR count). The highest BCUT2D eigenvalue weighted by Gasteiger charge is 2.20. The number of aromatic nitrogens is 2. The number of nitrogens with zero attached hydrogens (tertiary/aromatic N) is 2. The van der Waals surface area contributed by atoms with E-state index in [0.29, 0.717) is 5.25 Å². The molecule has 0 amide bonds. The zero-order chi connectivity index (χ0) is 20.4. The summed E-state index contributed by atoms with van der Waals surface area (Å²) in [6, 6.07) is 6.49. The van der Waals surface area contributed by atoms with Gasteiger partial charge in [-0.15, -0.1) is 11.8 Å². The number of hydrogen-bond donors (Lipinski definition) is 3. The lowest BCUT2D eigenvalue weighted by Crippen LogP contribution is -2.01. The summed E-state index contributed by atoms with van der Waals surface area (Å²) in [4.78, 5) is 6.26. The molecule has 1 unspecified atom stereocenters. The molecule has 0 bridgehead atoms. The molecule has 0 saturated heterocycles. The van der Waals surface area contributed by atoms with E-state index in [1.807, 2.05) is 32.9 Å². The van der Waals surface area contributed by atoms with Gasteiger partial charge in [0.15, 0.2) is 0 Å². The molecule has 6 heteroatoms. The topological polar surface area (TPSA) is 53.9 Å². The van der Waals surface area contributed by atoms with Crippen LogP contribution in [0.2, 0.25) is 0 Å². The zero-order valence-corrected chi connectivity index (χ0v) is 18.7. The molecule has 3 N–H and O–H groups in total. The van der Waals surface area contributed by atoms with Crippen LogP contribution in [0.3, 0.4) is 0 Å². The molecule has 2 aromatic heterocycles. The van der Waals surface area contributed by atoms with Crippen molar-refractivity contribution in [1.82, 2.24) is 9.55 Å². The first-order chi connectivity index (χ1) is 13.4. The molecule has 5 nitrogen and oxygen atoms in total. The second-order valence-corrected chi connectivity index (χ2v) is 8.63. The molecular weight excluding hydrogens is 366 g/mol. The third kappa shape index (κ3) is 3.65. The molecule has 0 aliphatic rings. The van der Waals surface area contributed by atoms with Crippen molar-refractivity contribution in [2.75, 3.05) is 37.1 Å². The molecular formula is C22H31N5S. The summed E-state index contributed by atoms with van der Waals surface area (Å²) in [6.45, 7) is 6.60. The highest BCUT2D eigenvalue weighted by Crippen LogP contribution is 2.43. The van der Waals surface area contributed by atoms with Crippen LogP contribution in [0.25, 0.3) is 22.2 Å². The normalized spacial score (nSPS) is 12.2. The molecule has 0 radical (unpaired) electrons. The van der Waals surface area contributed by atoms with E-state index in [1.165, 1.54) is 10.4 Å². The Balaban J connectivity index is 2.31. The van der Waals surface area contributed by atoms with E-state index >= 15 is 0 Å². The lowest BCUT2D eigenvalue weighted by Gasteiger charge is -2.17. The van der Waals surface area contributed by atoms with Gasteiger partial charge in [-0.3, -0.25) is 4.98 Å². The summed E-state index contributed by atoms with van der Waals surface area (Å²) in [5, 5.41) is 10.5. The predicted molar refractivity (Wildman–Crippen MR) is 125 cm³/mol. The van der Waals surface area contributed by atoms with Crippen molar-refractivity contribution < 1.29 is 0 Å². The Morgan fingerprint density at radius 3 is 2.25 bits per heavy atom. The van der Waals surface area contributed by atoms with Crippen LogP contribution in [0.5, 0.6) is 0 Å². The van der Waals surface area contributed by atoms with Gasteiger partial charge < -0.3 is 20.5 Å². The zero-order valence-electron chi connectivity index (χ0n) is 17.9. The third-order valence-electron chi connectivity index (χ3n) is 5.15. The number of rotatable bonds is 7. The van der Waals surface area contributed by atoms with Crippen molar-refractivity contribution >= 4 is 39.9 Å². The number of nitrogens with one attached hydrogen (secondary N) is 3. The highest BCUT2D eigenvalue weighted by molar-refractivity contribution is 8.00. The highest BCUT2D eigenvalue weighted by atomic mass is 32.2. The Morgan fingerprint density at radius 1 is 1.07 bits per heavy atom. The van der Waals surface area contributed by atoms with Crippen LogP contribution in [0.4, 0.5) is 17.1 Å². The fourth-order valence-electron chi connectivity index (χ4n) is 3.53. The molecule has 3 aromatic rings. The first kappa shape index (κ1) is 20.4. The minimum Gasteiger partial charge on any atom is -0.388 e. The van der Waals surface area contributed by atoms with Crippen LogP contribution >= 0.6 is 11.8 Å². The van der Waals surface area contributed by atoms with Gasteiger partial charge in [0.1, 0.15) is 0 Å². The molecule has 1 aromatic carbocycles. The van der Waals surface area contributed by atoms with Crippen molar-refractivity contribution in [1.29, 1.82) is 0 Å². The van der Waals surface area contributed by atoms with E-state index in [9.17, 15) is 0 Å². The second kappa shape index (κ2) is 8.35. The maximum absolute atomic E-state index is 4.95. The lowest BCUT2D eigenvalue weighted by atomic mass is 10.0. The van der Waals surface area contributed by atoms with Gasteiger partial charge in [0.2, 0.25) is 0 Å². The molecule has 2 heterocycles. The van der Waals surface area contributed by atoms with Gasteiger partial charge in [0.25, 0.3) is 0 Å². The largest absolute Gasteiger partial charge is 0.388 e. The molecule has 0 fully saturated rings. The van der Waals surface area contributed by atoms with E-state index in [4.69, 9.17) is 4.98 Å². The number of aryl methyl sites for hydroxylation is 2. The molecule has 0 spiro atoms. The Labute approximate surface area is 172 Å². The van der Waals surface area contributed by atoms with Crippen LogP contribution < -0.4 is 16.0 Å². The maximum Gasteiger partial charge on any atom is 0.0975 e. The fraction of sp³-hybridized carbons (Fsp3) is 0.409. The van der Waals surface area contributed by atoms with Gasteiger partial charge in [0, 0.05) is 78.4 Å². The molecule has 1 atom stereocenters. The van der Waals surface area contributed by atoms with Gasteiger partial charge in [0.05, 0.1) is 11.0 Å². The van der Waals surface area contributed by atoms with E-state index < -0.39 is 0 Å². The van der Waals surface area contributed by atoms with E-state index in [2.05, 4.69) is 72.7 Å². The number of fused-ring (bicyclic) bond motifs is 1. The van der Waals surface area contributed by atoms with E-state index in [1.54, 1.807) is 0 Å². The monoisotopic (exact) mass is 397 g/mol. The van der Waals surface area contributed by atoms with Crippen LogP contribution in [0.15, 0.2) is 29.3 Å². The summed E-state index contributed by atoms with van der Waals surface area (Å²) < 4.78 is 2.21. The predicted octanol–water partition coefficient (Wildman–Crippen LogP) is 5.56. The van der Waals surface area contributed by atoms with E-state index in [0.717, 1.165) is 45.8 Å². The molecule has 0 aliphatic carbocycles. The number of benzene rings is 1. The van der Waals surface area contributed by atoms with Gasteiger partial charge in [-0.05, 0) is 31.5 Å². The van der Waals surface area contributed by atoms with Gasteiger partial charge in [-0.2, -0.15) is 0 Å². The minimum atomic E-state index is 0.569. The van der Waals surface area contributed by atoms with Gasteiger partial charge >= 0.3 is 0 Å². The number of thioether (sulfide) groups is 1. The summed E-state index contributed by atoms with van der Waals surface area (Å²) in [5.41, 5.74) is 8.80. The lowest BCUT2D eigenvalue weighted by molar-refractivity contribution is 0.903.